The Morgan fingerprint density at radius 1 is 1.08 bits per heavy atom. The molecule has 0 radical (unpaired) electrons. The number of hydrogen-bond donors (Lipinski definition) is 4. The summed E-state index contributed by atoms with van der Waals surface area (Å²) >= 11 is 0. The van der Waals surface area contributed by atoms with Gasteiger partial charge in [0.25, 0.3) is 0 Å². The summed E-state index contributed by atoms with van der Waals surface area (Å²) in [6.07, 6.45) is -5.08. The molecular formula is C13H12F3N5O3. The standard InChI is InChI=1S/C11H11N5O.C2HF3O2/c12-10-8(6-9(17)11(13)14-10)16-15-7-4-2-1-3-5-7;3-2(4,5)1(6)7/h1-6,17H,(H4,12,13,14);(H,6,7). The van der Waals surface area contributed by atoms with E-state index in [4.69, 9.17) is 21.4 Å². The second kappa shape index (κ2) is 7.76. The fraction of sp³-hybridized carbons (Fsp3) is 0.0769. The lowest BCUT2D eigenvalue weighted by atomic mass is 10.3. The molecule has 11 heteroatoms. The summed E-state index contributed by atoms with van der Waals surface area (Å²) in [5.74, 6) is -2.82. The van der Waals surface area contributed by atoms with Gasteiger partial charge in [0.05, 0.1) is 5.69 Å². The third kappa shape index (κ3) is 5.79. The zero-order valence-electron chi connectivity index (χ0n) is 11.9. The van der Waals surface area contributed by atoms with Crippen LogP contribution in [0, 0.1) is 0 Å². The van der Waals surface area contributed by atoms with Crippen LogP contribution >= 0.6 is 0 Å². The number of benzene rings is 1. The van der Waals surface area contributed by atoms with Crippen molar-refractivity contribution in [1.29, 1.82) is 0 Å². The number of carboxylic acid groups (broad SMARTS) is 1. The number of azo groups is 1. The highest BCUT2D eigenvalue weighted by Crippen LogP contribution is 2.30. The van der Waals surface area contributed by atoms with Crippen molar-refractivity contribution >= 4 is 29.0 Å². The number of nitrogens with two attached hydrogens (primary N) is 2. The Labute approximate surface area is 133 Å². The molecule has 0 atom stereocenters. The van der Waals surface area contributed by atoms with Gasteiger partial charge in [-0.15, -0.1) is 5.11 Å². The minimum atomic E-state index is -5.08. The molecule has 2 rings (SSSR count). The first-order valence-corrected chi connectivity index (χ1v) is 6.13. The van der Waals surface area contributed by atoms with Crippen LogP contribution in [0.4, 0.5) is 36.2 Å². The molecule has 0 amide bonds. The first-order chi connectivity index (χ1) is 11.1. The van der Waals surface area contributed by atoms with Gasteiger partial charge >= 0.3 is 12.1 Å². The Hall–Kier alpha value is -3.37. The summed E-state index contributed by atoms with van der Waals surface area (Å²) in [6, 6.07) is 10.5. The molecule has 0 bridgehead atoms. The summed E-state index contributed by atoms with van der Waals surface area (Å²) in [7, 11) is 0. The molecule has 0 unspecified atom stereocenters. The number of hydrogen-bond acceptors (Lipinski definition) is 7. The number of halogens is 3. The summed E-state index contributed by atoms with van der Waals surface area (Å²) in [4.78, 5) is 12.6. The van der Waals surface area contributed by atoms with Crippen LogP contribution in [-0.4, -0.2) is 27.3 Å². The number of nitrogens with zero attached hydrogens (tertiary/aromatic N) is 3. The number of aromatic nitrogens is 1. The summed E-state index contributed by atoms with van der Waals surface area (Å²) in [5, 5.41) is 24.4. The quantitative estimate of drug-likeness (QED) is 0.616. The van der Waals surface area contributed by atoms with E-state index in [1.807, 2.05) is 18.2 Å². The van der Waals surface area contributed by atoms with Crippen molar-refractivity contribution in [2.24, 2.45) is 10.2 Å². The van der Waals surface area contributed by atoms with Crippen LogP contribution in [-0.2, 0) is 4.79 Å². The highest BCUT2D eigenvalue weighted by atomic mass is 19.4. The largest absolute Gasteiger partial charge is 0.504 e. The van der Waals surface area contributed by atoms with Crippen molar-refractivity contribution in [1.82, 2.24) is 4.98 Å². The smallest absolute Gasteiger partial charge is 0.490 e. The molecule has 0 fully saturated rings. The van der Waals surface area contributed by atoms with E-state index in [1.54, 1.807) is 12.1 Å². The molecule has 0 aliphatic rings. The molecule has 1 aromatic carbocycles. The number of anilines is 2. The minimum Gasteiger partial charge on any atom is -0.504 e. The number of carbonyl (C=O) groups is 1. The van der Waals surface area contributed by atoms with Gasteiger partial charge in [0.15, 0.2) is 17.4 Å². The average Bonchev–Trinajstić information content (AvgIpc) is 2.50. The predicted molar refractivity (Wildman–Crippen MR) is 79.0 cm³/mol. The van der Waals surface area contributed by atoms with Gasteiger partial charge < -0.3 is 21.7 Å². The van der Waals surface area contributed by atoms with Gasteiger partial charge in [0.2, 0.25) is 0 Å². The van der Waals surface area contributed by atoms with Crippen LogP contribution in [0.15, 0.2) is 46.6 Å². The van der Waals surface area contributed by atoms with Gasteiger partial charge in [0, 0.05) is 6.07 Å². The molecule has 1 aromatic heterocycles. The number of alkyl halides is 3. The Morgan fingerprint density at radius 2 is 1.62 bits per heavy atom. The van der Waals surface area contributed by atoms with Crippen LogP contribution in [0.1, 0.15) is 0 Å². The number of nitrogen functional groups attached to an aromatic ring is 2. The first-order valence-electron chi connectivity index (χ1n) is 6.13. The van der Waals surface area contributed by atoms with Gasteiger partial charge in [-0.1, -0.05) is 18.2 Å². The van der Waals surface area contributed by atoms with Crippen LogP contribution < -0.4 is 11.5 Å². The average molecular weight is 343 g/mol. The third-order valence-electron chi connectivity index (χ3n) is 2.31. The molecule has 0 aliphatic carbocycles. The molecule has 0 spiro atoms. The second-order valence-electron chi connectivity index (χ2n) is 4.14. The zero-order chi connectivity index (χ0) is 18.3. The normalized spacial score (nSPS) is 11.0. The third-order valence-corrected chi connectivity index (χ3v) is 2.31. The molecular weight excluding hydrogens is 331 g/mol. The van der Waals surface area contributed by atoms with E-state index in [0.717, 1.165) is 0 Å². The van der Waals surface area contributed by atoms with Gasteiger partial charge in [0.1, 0.15) is 5.69 Å². The van der Waals surface area contributed by atoms with Gasteiger partial charge in [-0.3, -0.25) is 0 Å². The second-order valence-corrected chi connectivity index (χ2v) is 4.14. The van der Waals surface area contributed by atoms with E-state index in [2.05, 4.69) is 15.2 Å². The molecule has 0 saturated carbocycles. The number of carboxylic acids is 1. The minimum absolute atomic E-state index is 0.0267. The highest BCUT2D eigenvalue weighted by Gasteiger charge is 2.38. The lowest BCUT2D eigenvalue weighted by Crippen LogP contribution is -2.21. The lowest BCUT2D eigenvalue weighted by molar-refractivity contribution is -0.192. The van der Waals surface area contributed by atoms with Gasteiger partial charge in [-0.2, -0.15) is 18.3 Å². The predicted octanol–water partition coefficient (Wildman–Crippen LogP) is 3.00. The van der Waals surface area contributed by atoms with E-state index in [0.29, 0.717) is 5.69 Å². The van der Waals surface area contributed by atoms with Crippen LogP contribution in [0.3, 0.4) is 0 Å². The van der Waals surface area contributed by atoms with Crippen molar-refractivity contribution < 1.29 is 28.2 Å². The van der Waals surface area contributed by atoms with Gasteiger partial charge in [-0.05, 0) is 12.1 Å². The van der Waals surface area contributed by atoms with E-state index in [-0.39, 0.29) is 23.1 Å². The van der Waals surface area contributed by atoms with Crippen molar-refractivity contribution in [3.8, 4) is 5.75 Å². The van der Waals surface area contributed by atoms with E-state index in [9.17, 15) is 18.3 Å². The monoisotopic (exact) mass is 343 g/mol. The van der Waals surface area contributed by atoms with Gasteiger partial charge in [-0.25, -0.2) is 9.78 Å². The van der Waals surface area contributed by atoms with E-state index < -0.39 is 12.1 Å². The maximum absolute atomic E-state index is 10.6. The Balaban J connectivity index is 0.000000351. The Morgan fingerprint density at radius 3 is 2.12 bits per heavy atom. The topological polar surface area (TPSA) is 147 Å². The van der Waals surface area contributed by atoms with Crippen LogP contribution in [0.5, 0.6) is 5.75 Å². The van der Waals surface area contributed by atoms with E-state index >= 15 is 0 Å². The van der Waals surface area contributed by atoms with Crippen molar-refractivity contribution in [3.63, 3.8) is 0 Å². The molecule has 24 heavy (non-hydrogen) atoms. The maximum atomic E-state index is 10.6. The SMILES string of the molecule is Nc1nc(N)c(N=Nc2ccccc2)cc1O.O=C(O)C(F)(F)F. The first kappa shape index (κ1) is 18.7. The molecule has 0 saturated heterocycles. The number of aromatic hydroxyl groups is 1. The lowest BCUT2D eigenvalue weighted by Gasteiger charge is -2.01. The molecule has 8 nitrogen and oxygen atoms in total. The number of aliphatic carboxylic acids is 1. The van der Waals surface area contributed by atoms with Crippen molar-refractivity contribution in [3.05, 3.63) is 36.4 Å². The van der Waals surface area contributed by atoms with Crippen molar-refractivity contribution in [2.45, 2.75) is 6.18 Å². The van der Waals surface area contributed by atoms with E-state index in [1.165, 1.54) is 6.07 Å². The number of pyridine rings is 1. The fourth-order valence-electron chi connectivity index (χ4n) is 1.21. The summed E-state index contributed by atoms with van der Waals surface area (Å²) < 4.78 is 31.7. The Bertz CT molecular complexity index is 736. The molecule has 0 aliphatic heterocycles. The molecule has 1 heterocycles. The molecule has 2 aromatic rings. The molecule has 128 valence electrons. The van der Waals surface area contributed by atoms with Crippen LogP contribution in [0.2, 0.25) is 0 Å². The number of rotatable bonds is 2. The summed E-state index contributed by atoms with van der Waals surface area (Å²) in [6.45, 7) is 0. The van der Waals surface area contributed by atoms with Crippen LogP contribution in [0.25, 0.3) is 0 Å². The highest BCUT2D eigenvalue weighted by molar-refractivity contribution is 5.73. The zero-order valence-corrected chi connectivity index (χ0v) is 11.9. The van der Waals surface area contributed by atoms with Crippen molar-refractivity contribution in [2.75, 3.05) is 11.5 Å². The maximum Gasteiger partial charge on any atom is 0.490 e. The molecule has 6 N–H and O–H groups in total. The Kier molecular flexibility index (Phi) is 6.04. The summed E-state index contributed by atoms with van der Waals surface area (Å²) in [5.41, 5.74) is 11.9. The fourth-order valence-corrected chi connectivity index (χ4v) is 1.21.